The van der Waals surface area contributed by atoms with E-state index in [9.17, 15) is 0 Å². The molecule has 2 nitrogen and oxygen atoms in total. The van der Waals surface area contributed by atoms with Gasteiger partial charge in [0, 0.05) is 18.1 Å². The smallest absolute Gasteiger partial charge is 0.0480 e. The second-order valence-electron chi connectivity index (χ2n) is 6.50. The molecule has 3 unspecified atom stereocenters. The Kier molecular flexibility index (Phi) is 7.98. The second-order valence-corrected chi connectivity index (χ2v) is 6.50. The number of rotatable bonds is 9. The molecule has 0 aliphatic heterocycles. The summed E-state index contributed by atoms with van der Waals surface area (Å²) in [5.41, 5.74) is 1.40. The van der Waals surface area contributed by atoms with Gasteiger partial charge in [-0.25, -0.2) is 0 Å². The quantitative estimate of drug-likeness (QED) is 0.721. The van der Waals surface area contributed by atoms with Crippen LogP contribution in [0.1, 0.15) is 59.1 Å². The van der Waals surface area contributed by atoms with Crippen molar-refractivity contribution in [3.63, 3.8) is 0 Å². The van der Waals surface area contributed by atoms with E-state index in [-0.39, 0.29) is 0 Å². The summed E-state index contributed by atoms with van der Waals surface area (Å²) in [6.07, 6.45) is 2.36. The summed E-state index contributed by atoms with van der Waals surface area (Å²) in [5.74, 6) is 0.610. The number of nitrogens with one attached hydrogen (secondary N) is 1. The van der Waals surface area contributed by atoms with E-state index < -0.39 is 0 Å². The fraction of sp³-hybridized carbons (Fsp3) is 0.684. The van der Waals surface area contributed by atoms with Gasteiger partial charge in [0.1, 0.15) is 0 Å². The summed E-state index contributed by atoms with van der Waals surface area (Å²) < 4.78 is 0. The Labute approximate surface area is 131 Å². The van der Waals surface area contributed by atoms with Crippen LogP contribution in [-0.4, -0.2) is 30.6 Å². The Bertz CT molecular complexity index is 374. The van der Waals surface area contributed by atoms with Crippen LogP contribution < -0.4 is 5.32 Å². The van der Waals surface area contributed by atoms with Crippen molar-refractivity contribution in [2.75, 3.05) is 13.6 Å². The molecule has 1 N–H and O–H groups in total. The first-order valence-electron chi connectivity index (χ1n) is 8.53. The van der Waals surface area contributed by atoms with E-state index in [4.69, 9.17) is 0 Å². The summed E-state index contributed by atoms with van der Waals surface area (Å²) in [6, 6.07) is 12.4. The Morgan fingerprint density at radius 3 is 2.14 bits per heavy atom. The normalized spacial score (nSPS) is 16.2. The highest BCUT2D eigenvalue weighted by Crippen LogP contribution is 2.27. The van der Waals surface area contributed by atoms with E-state index in [1.54, 1.807) is 0 Å². The molecule has 21 heavy (non-hydrogen) atoms. The molecule has 0 aliphatic carbocycles. The molecular formula is C19H34N2. The van der Waals surface area contributed by atoms with Gasteiger partial charge in [0.15, 0.2) is 0 Å². The van der Waals surface area contributed by atoms with Gasteiger partial charge in [-0.1, -0.05) is 58.0 Å². The lowest BCUT2D eigenvalue weighted by molar-refractivity contribution is 0.106. The Balaban J connectivity index is 3.06. The summed E-state index contributed by atoms with van der Waals surface area (Å²) in [6.45, 7) is 12.6. The third kappa shape index (κ3) is 5.12. The maximum absolute atomic E-state index is 3.79. The van der Waals surface area contributed by atoms with Gasteiger partial charge in [-0.05, 0) is 44.8 Å². The van der Waals surface area contributed by atoms with Crippen LogP contribution in [0, 0.1) is 5.92 Å². The molecule has 0 saturated heterocycles. The largest absolute Gasteiger partial charge is 0.309 e. The third-order valence-electron chi connectivity index (χ3n) is 4.55. The van der Waals surface area contributed by atoms with Crippen LogP contribution in [0.15, 0.2) is 30.3 Å². The zero-order valence-electron chi connectivity index (χ0n) is 14.8. The number of hydrogen-bond acceptors (Lipinski definition) is 2. The molecule has 3 atom stereocenters. The van der Waals surface area contributed by atoms with Gasteiger partial charge in [0.05, 0.1) is 0 Å². The molecule has 0 aromatic heterocycles. The minimum Gasteiger partial charge on any atom is -0.309 e. The summed E-state index contributed by atoms with van der Waals surface area (Å²) in [5, 5.41) is 3.79. The topological polar surface area (TPSA) is 15.3 Å². The van der Waals surface area contributed by atoms with Crippen molar-refractivity contribution in [3.8, 4) is 0 Å². The van der Waals surface area contributed by atoms with Crippen LogP contribution in [0.2, 0.25) is 0 Å². The van der Waals surface area contributed by atoms with Gasteiger partial charge < -0.3 is 5.32 Å². The minimum absolute atomic E-state index is 0.394. The van der Waals surface area contributed by atoms with Gasteiger partial charge in [0.25, 0.3) is 0 Å². The molecule has 0 amide bonds. The molecule has 0 saturated carbocycles. The van der Waals surface area contributed by atoms with Gasteiger partial charge in [-0.2, -0.15) is 0 Å². The molecule has 120 valence electrons. The highest BCUT2D eigenvalue weighted by molar-refractivity contribution is 5.21. The molecular weight excluding hydrogens is 256 g/mol. The molecule has 1 aromatic carbocycles. The first-order valence-corrected chi connectivity index (χ1v) is 8.53. The summed E-state index contributed by atoms with van der Waals surface area (Å²) in [4.78, 5) is 2.56. The maximum Gasteiger partial charge on any atom is 0.0480 e. The van der Waals surface area contributed by atoms with E-state index in [0.29, 0.717) is 24.0 Å². The van der Waals surface area contributed by atoms with Gasteiger partial charge >= 0.3 is 0 Å². The van der Waals surface area contributed by atoms with Crippen LogP contribution in [-0.2, 0) is 0 Å². The predicted molar refractivity (Wildman–Crippen MR) is 93.6 cm³/mol. The predicted octanol–water partition coefficient (Wildman–Crippen LogP) is 4.48. The van der Waals surface area contributed by atoms with Crippen LogP contribution in [0.3, 0.4) is 0 Å². The van der Waals surface area contributed by atoms with Crippen LogP contribution in [0.25, 0.3) is 0 Å². The Hall–Kier alpha value is -0.860. The van der Waals surface area contributed by atoms with Crippen molar-refractivity contribution in [1.82, 2.24) is 10.2 Å². The summed E-state index contributed by atoms with van der Waals surface area (Å²) in [7, 11) is 2.28. The van der Waals surface area contributed by atoms with Crippen molar-refractivity contribution in [1.29, 1.82) is 0 Å². The van der Waals surface area contributed by atoms with Crippen molar-refractivity contribution in [3.05, 3.63) is 35.9 Å². The molecule has 0 bridgehead atoms. The lowest BCUT2D eigenvalue weighted by Gasteiger charge is -2.41. The van der Waals surface area contributed by atoms with Crippen LogP contribution in [0.4, 0.5) is 0 Å². The van der Waals surface area contributed by atoms with Gasteiger partial charge in [0.2, 0.25) is 0 Å². The Morgan fingerprint density at radius 2 is 1.67 bits per heavy atom. The fourth-order valence-electron chi connectivity index (χ4n) is 3.07. The lowest BCUT2D eigenvalue weighted by atomic mass is 9.88. The zero-order valence-corrected chi connectivity index (χ0v) is 14.8. The fourth-order valence-corrected chi connectivity index (χ4v) is 3.07. The average Bonchev–Trinajstić information content (AvgIpc) is 2.50. The second kappa shape index (κ2) is 9.22. The van der Waals surface area contributed by atoms with E-state index in [1.165, 1.54) is 18.4 Å². The first kappa shape index (κ1) is 18.2. The number of likely N-dealkylation sites (N-methyl/N-ethyl adjacent to an activating group) is 1. The lowest BCUT2D eigenvalue weighted by Crippen LogP contribution is -2.49. The third-order valence-corrected chi connectivity index (χ3v) is 4.55. The van der Waals surface area contributed by atoms with Crippen molar-refractivity contribution in [2.45, 2.75) is 65.6 Å². The summed E-state index contributed by atoms with van der Waals surface area (Å²) >= 11 is 0. The average molecular weight is 290 g/mol. The van der Waals surface area contributed by atoms with E-state index in [2.05, 4.69) is 82.2 Å². The molecule has 0 fully saturated rings. The SMILES string of the molecule is CCCNC(c1ccccc1)C(C(C)C)N(C)C(C)CC. The first-order chi connectivity index (χ1) is 10.0. The van der Waals surface area contributed by atoms with Crippen molar-refractivity contribution < 1.29 is 0 Å². The standard InChI is InChI=1S/C19H34N2/c1-7-14-20-18(17-12-10-9-11-13-17)19(15(3)4)21(6)16(5)8-2/h9-13,15-16,18-20H,7-8,14H2,1-6H3. The monoisotopic (exact) mass is 290 g/mol. The molecule has 0 radical (unpaired) electrons. The highest BCUT2D eigenvalue weighted by atomic mass is 15.2. The minimum atomic E-state index is 0.394. The maximum atomic E-state index is 3.79. The van der Waals surface area contributed by atoms with Crippen LogP contribution >= 0.6 is 0 Å². The molecule has 0 aliphatic rings. The molecule has 0 spiro atoms. The highest BCUT2D eigenvalue weighted by Gasteiger charge is 2.30. The van der Waals surface area contributed by atoms with Gasteiger partial charge in [-0.15, -0.1) is 0 Å². The number of hydrogen-bond donors (Lipinski definition) is 1. The zero-order chi connectivity index (χ0) is 15.8. The van der Waals surface area contributed by atoms with Gasteiger partial charge in [-0.3, -0.25) is 4.90 Å². The number of benzene rings is 1. The van der Waals surface area contributed by atoms with E-state index >= 15 is 0 Å². The molecule has 1 aromatic rings. The van der Waals surface area contributed by atoms with Crippen molar-refractivity contribution >= 4 is 0 Å². The van der Waals surface area contributed by atoms with E-state index in [0.717, 1.165) is 6.54 Å². The molecule has 0 heterocycles. The molecule has 1 rings (SSSR count). The van der Waals surface area contributed by atoms with E-state index in [1.807, 2.05) is 0 Å². The Morgan fingerprint density at radius 1 is 1.05 bits per heavy atom. The van der Waals surface area contributed by atoms with Crippen LogP contribution in [0.5, 0.6) is 0 Å². The molecule has 2 heteroatoms. The van der Waals surface area contributed by atoms with Crippen molar-refractivity contribution in [2.24, 2.45) is 5.92 Å². The number of nitrogens with zero attached hydrogens (tertiary/aromatic N) is 1.